The fraction of sp³-hybridized carbons (Fsp3) is 0.480. The Bertz CT molecular complexity index is 1800. The van der Waals surface area contributed by atoms with Crippen molar-refractivity contribution in [1.29, 1.82) is 0 Å². The first-order chi connectivity index (χ1) is 18.8. The Morgan fingerprint density at radius 3 is 1.64 bits per heavy atom. The van der Waals surface area contributed by atoms with Crippen LogP contribution in [0.5, 0.6) is 0 Å². The van der Waals surface area contributed by atoms with Gasteiger partial charge in [0.2, 0.25) is 0 Å². The first-order valence-corrected chi connectivity index (χ1v) is 19.4. The van der Waals surface area contributed by atoms with Crippen LogP contribution in [0.3, 0.4) is 0 Å². The predicted octanol–water partition coefficient (Wildman–Crippen LogP) is 3.02. The highest BCUT2D eigenvalue weighted by Gasteiger charge is 2.45. The number of sulfone groups is 4. The SMILES string of the molecule is CC(C)(C1CCN(C(=O)c2c(S(C)(=O)=O)cc(S(C)(=O)=O)cc2S(C)(=O)=O)CC1)S(=O)(=O)c1cccc(C(F)(F)F)c1. The van der Waals surface area contributed by atoms with Crippen LogP contribution < -0.4 is 0 Å². The molecular weight excluding hydrogens is 644 g/mol. The molecule has 0 bridgehead atoms. The summed E-state index contributed by atoms with van der Waals surface area (Å²) in [5, 5.41) is 0. The van der Waals surface area contributed by atoms with Crippen molar-refractivity contribution in [2.24, 2.45) is 5.92 Å². The van der Waals surface area contributed by atoms with Crippen LogP contribution in [0.15, 0.2) is 56.0 Å². The van der Waals surface area contributed by atoms with Gasteiger partial charge in [0.05, 0.1) is 35.5 Å². The first kappa shape index (κ1) is 34.0. The zero-order valence-corrected chi connectivity index (χ0v) is 26.5. The lowest BCUT2D eigenvalue weighted by Gasteiger charge is -2.40. The Kier molecular flexibility index (Phi) is 8.82. The van der Waals surface area contributed by atoms with E-state index in [1.54, 1.807) is 0 Å². The smallest absolute Gasteiger partial charge is 0.339 e. The van der Waals surface area contributed by atoms with Crippen molar-refractivity contribution >= 4 is 45.3 Å². The van der Waals surface area contributed by atoms with Crippen LogP contribution in [-0.2, 0) is 45.5 Å². The van der Waals surface area contributed by atoms with E-state index < -0.39 is 92.8 Å². The van der Waals surface area contributed by atoms with E-state index in [0.717, 1.165) is 41.5 Å². The quantitative estimate of drug-likeness (QED) is 0.431. The summed E-state index contributed by atoms with van der Waals surface area (Å²) in [6.07, 6.45) is -2.52. The van der Waals surface area contributed by atoms with E-state index in [0.29, 0.717) is 18.6 Å². The molecule has 234 valence electrons. The predicted molar refractivity (Wildman–Crippen MR) is 147 cm³/mol. The highest BCUT2D eigenvalue weighted by molar-refractivity contribution is 7.93. The van der Waals surface area contributed by atoms with Gasteiger partial charge in [0.1, 0.15) is 0 Å². The summed E-state index contributed by atoms with van der Waals surface area (Å²) in [7, 11) is -17.0. The number of halogens is 3. The Balaban J connectivity index is 1.99. The van der Waals surface area contributed by atoms with Crippen molar-refractivity contribution < 1.29 is 51.6 Å². The van der Waals surface area contributed by atoms with Gasteiger partial charge in [-0.3, -0.25) is 4.79 Å². The van der Waals surface area contributed by atoms with Gasteiger partial charge in [-0.05, 0) is 62.9 Å². The second kappa shape index (κ2) is 10.9. The third-order valence-electron chi connectivity index (χ3n) is 7.41. The molecular formula is C25H30F3NO9S4. The summed E-state index contributed by atoms with van der Waals surface area (Å²) in [6, 6.07) is 4.85. The number of carbonyl (C=O) groups excluding carboxylic acids is 1. The van der Waals surface area contributed by atoms with E-state index in [9.17, 15) is 51.6 Å². The van der Waals surface area contributed by atoms with Crippen LogP contribution in [0, 0.1) is 5.92 Å². The molecule has 0 radical (unpaired) electrons. The Hall–Kier alpha value is -2.50. The molecule has 0 spiro atoms. The summed E-state index contributed by atoms with van der Waals surface area (Å²) in [4.78, 5) is 12.1. The van der Waals surface area contributed by atoms with Crippen LogP contribution >= 0.6 is 0 Å². The minimum Gasteiger partial charge on any atom is -0.339 e. The van der Waals surface area contributed by atoms with E-state index >= 15 is 0 Å². The summed E-state index contributed by atoms with van der Waals surface area (Å²) < 4.78 is 140. The number of likely N-dealkylation sites (tertiary alicyclic amines) is 1. The highest BCUT2D eigenvalue weighted by Crippen LogP contribution is 2.40. The molecule has 1 aliphatic rings. The molecule has 2 aromatic rings. The molecule has 42 heavy (non-hydrogen) atoms. The zero-order chi connectivity index (χ0) is 32.3. The second-order valence-corrected chi connectivity index (χ2v) is 19.3. The molecule has 1 saturated heterocycles. The molecule has 0 saturated carbocycles. The molecule has 1 heterocycles. The average molecular weight is 674 g/mol. The molecule has 0 aliphatic carbocycles. The van der Waals surface area contributed by atoms with Crippen LogP contribution in [-0.4, -0.2) is 81.1 Å². The van der Waals surface area contributed by atoms with E-state index in [4.69, 9.17) is 0 Å². The lowest BCUT2D eigenvalue weighted by Crippen LogP contribution is -2.48. The minimum absolute atomic E-state index is 0.0424. The van der Waals surface area contributed by atoms with E-state index in [1.165, 1.54) is 13.8 Å². The lowest BCUT2D eigenvalue weighted by atomic mass is 9.85. The number of nitrogens with zero attached hydrogens (tertiary/aromatic N) is 1. The number of rotatable bonds is 7. The monoisotopic (exact) mass is 673 g/mol. The van der Waals surface area contributed by atoms with Crippen molar-refractivity contribution in [2.45, 2.75) is 57.2 Å². The topological polar surface area (TPSA) is 157 Å². The summed E-state index contributed by atoms with van der Waals surface area (Å²) >= 11 is 0. The van der Waals surface area contributed by atoms with E-state index in [2.05, 4.69) is 0 Å². The van der Waals surface area contributed by atoms with Gasteiger partial charge in [0.15, 0.2) is 39.3 Å². The van der Waals surface area contributed by atoms with Crippen molar-refractivity contribution in [3.8, 4) is 0 Å². The number of hydrogen-bond donors (Lipinski definition) is 0. The van der Waals surface area contributed by atoms with Crippen LogP contribution in [0.2, 0.25) is 0 Å². The van der Waals surface area contributed by atoms with Gasteiger partial charge in [-0.1, -0.05) is 6.07 Å². The van der Waals surface area contributed by atoms with Crippen LogP contribution in [0.1, 0.15) is 42.6 Å². The largest absolute Gasteiger partial charge is 0.416 e. The van der Waals surface area contributed by atoms with Crippen molar-refractivity contribution in [2.75, 3.05) is 31.9 Å². The number of alkyl halides is 3. The fourth-order valence-corrected chi connectivity index (χ4v) is 9.39. The molecule has 0 unspecified atom stereocenters. The first-order valence-electron chi connectivity index (χ1n) is 12.3. The van der Waals surface area contributed by atoms with Gasteiger partial charge in [-0.15, -0.1) is 0 Å². The Morgan fingerprint density at radius 1 is 0.762 bits per heavy atom. The second-order valence-electron chi connectivity index (χ2n) is 10.8. The van der Waals surface area contributed by atoms with Crippen molar-refractivity contribution in [1.82, 2.24) is 4.90 Å². The summed E-state index contributed by atoms with van der Waals surface area (Å²) in [5.41, 5.74) is -1.84. The van der Waals surface area contributed by atoms with E-state index in [1.807, 2.05) is 0 Å². The summed E-state index contributed by atoms with van der Waals surface area (Å²) in [5.74, 6) is -1.65. The number of hydrogen-bond acceptors (Lipinski definition) is 9. The molecule has 0 N–H and O–H groups in total. The van der Waals surface area contributed by atoms with E-state index in [-0.39, 0.29) is 25.9 Å². The minimum atomic E-state index is -4.75. The van der Waals surface area contributed by atoms with Gasteiger partial charge in [0.25, 0.3) is 5.91 Å². The van der Waals surface area contributed by atoms with Crippen LogP contribution in [0.4, 0.5) is 13.2 Å². The van der Waals surface area contributed by atoms with Crippen molar-refractivity contribution in [3.63, 3.8) is 0 Å². The molecule has 1 amide bonds. The summed E-state index contributed by atoms with van der Waals surface area (Å²) in [6.45, 7) is 2.48. The molecule has 10 nitrogen and oxygen atoms in total. The molecule has 1 fully saturated rings. The molecule has 0 aromatic heterocycles. The third kappa shape index (κ3) is 6.68. The molecule has 0 atom stereocenters. The average Bonchev–Trinajstić information content (AvgIpc) is 2.85. The lowest BCUT2D eigenvalue weighted by molar-refractivity contribution is -0.137. The highest BCUT2D eigenvalue weighted by atomic mass is 32.2. The standard InChI is InChI=1S/C25H30F3NO9S4/c1-24(2,42(37,38)18-8-6-7-17(13-18)25(26,27)28)16-9-11-29(12-10-16)23(30)22-20(40(4,33)34)14-19(39(3,31)32)15-21(22)41(5,35)36/h6-8,13-16H,9-12H2,1-5H3. The van der Waals surface area contributed by atoms with Gasteiger partial charge in [-0.2, -0.15) is 13.2 Å². The number of amides is 1. The van der Waals surface area contributed by atoms with Crippen LogP contribution in [0.25, 0.3) is 0 Å². The maximum absolute atomic E-state index is 13.6. The van der Waals surface area contributed by atoms with Gasteiger partial charge in [0, 0.05) is 31.9 Å². The maximum Gasteiger partial charge on any atom is 0.416 e. The number of carbonyl (C=O) groups is 1. The molecule has 1 aliphatic heterocycles. The fourth-order valence-electron chi connectivity index (χ4n) is 4.87. The van der Waals surface area contributed by atoms with Gasteiger partial charge in [-0.25, -0.2) is 33.7 Å². The normalized spacial score (nSPS) is 16.4. The van der Waals surface area contributed by atoms with Crippen molar-refractivity contribution in [3.05, 3.63) is 47.5 Å². The molecule has 17 heteroatoms. The maximum atomic E-state index is 13.6. The Labute approximate surface area is 243 Å². The molecule has 2 aromatic carbocycles. The third-order valence-corrected chi connectivity index (χ3v) is 13.3. The van der Waals surface area contributed by atoms with Gasteiger partial charge >= 0.3 is 6.18 Å². The zero-order valence-electron chi connectivity index (χ0n) is 23.3. The number of benzene rings is 2. The van der Waals surface area contributed by atoms with Gasteiger partial charge < -0.3 is 4.90 Å². The molecule has 3 rings (SSSR count). The Morgan fingerprint density at radius 2 is 1.24 bits per heavy atom. The number of piperidine rings is 1.